The van der Waals surface area contributed by atoms with E-state index in [9.17, 15) is 9.59 Å². The van der Waals surface area contributed by atoms with Gasteiger partial charge < -0.3 is 19.5 Å². The van der Waals surface area contributed by atoms with Crippen LogP contribution in [0.3, 0.4) is 0 Å². The molecule has 1 aliphatic rings. The SMILES string of the molecule is COC(=O)C1CN(C(=O)CCCCO)CCO1. The number of ether oxygens (including phenoxy) is 2. The van der Waals surface area contributed by atoms with Crippen LogP contribution < -0.4 is 0 Å². The van der Waals surface area contributed by atoms with Gasteiger partial charge in [-0.05, 0) is 12.8 Å². The van der Waals surface area contributed by atoms with Gasteiger partial charge in [0.25, 0.3) is 0 Å². The number of amides is 1. The predicted octanol–water partition coefficient (Wildman–Crippen LogP) is -0.451. The minimum Gasteiger partial charge on any atom is -0.467 e. The standard InChI is InChI=1S/C11H19NO5/c1-16-11(15)9-8-12(5-7-17-9)10(14)4-2-3-6-13/h9,13H,2-8H2,1H3. The Hall–Kier alpha value is -1.14. The highest BCUT2D eigenvalue weighted by molar-refractivity contribution is 5.79. The third kappa shape index (κ3) is 4.32. The molecule has 98 valence electrons. The van der Waals surface area contributed by atoms with Crippen LogP contribution in [0.25, 0.3) is 0 Å². The van der Waals surface area contributed by atoms with Crippen molar-refractivity contribution in [3.05, 3.63) is 0 Å². The van der Waals surface area contributed by atoms with E-state index in [2.05, 4.69) is 4.74 Å². The third-order valence-electron chi connectivity index (χ3n) is 2.68. The summed E-state index contributed by atoms with van der Waals surface area (Å²) in [6.07, 6.45) is 1.01. The predicted molar refractivity (Wildman–Crippen MR) is 59.3 cm³/mol. The van der Waals surface area contributed by atoms with Gasteiger partial charge in [0.2, 0.25) is 5.91 Å². The lowest BCUT2D eigenvalue weighted by atomic mass is 10.2. The number of aliphatic hydroxyl groups excluding tert-OH is 1. The van der Waals surface area contributed by atoms with Crippen LogP contribution in [0.2, 0.25) is 0 Å². The van der Waals surface area contributed by atoms with Crippen molar-refractivity contribution < 1.29 is 24.2 Å². The molecular formula is C11H19NO5. The Labute approximate surface area is 100 Å². The third-order valence-corrected chi connectivity index (χ3v) is 2.68. The van der Waals surface area contributed by atoms with E-state index in [0.29, 0.717) is 32.4 Å². The number of carbonyl (C=O) groups excluding carboxylic acids is 2. The second kappa shape index (κ2) is 7.24. The van der Waals surface area contributed by atoms with Gasteiger partial charge in [-0.15, -0.1) is 0 Å². The minimum absolute atomic E-state index is 0.00402. The van der Waals surface area contributed by atoms with E-state index >= 15 is 0 Å². The Morgan fingerprint density at radius 2 is 2.24 bits per heavy atom. The van der Waals surface area contributed by atoms with Crippen LogP contribution in [-0.4, -0.2) is 61.4 Å². The maximum atomic E-state index is 11.8. The van der Waals surface area contributed by atoms with E-state index in [-0.39, 0.29) is 19.1 Å². The molecule has 0 aromatic heterocycles. The molecular weight excluding hydrogens is 226 g/mol. The minimum atomic E-state index is -0.671. The lowest BCUT2D eigenvalue weighted by Crippen LogP contribution is -2.48. The van der Waals surface area contributed by atoms with Gasteiger partial charge in [-0.1, -0.05) is 0 Å². The molecule has 1 unspecified atom stereocenters. The fraction of sp³-hybridized carbons (Fsp3) is 0.818. The summed E-state index contributed by atoms with van der Waals surface area (Å²) in [6.45, 7) is 1.21. The van der Waals surface area contributed by atoms with Gasteiger partial charge in [0.15, 0.2) is 6.10 Å². The first kappa shape index (κ1) is 13.9. The van der Waals surface area contributed by atoms with Crippen molar-refractivity contribution in [1.29, 1.82) is 0 Å². The first-order valence-corrected chi connectivity index (χ1v) is 5.77. The van der Waals surface area contributed by atoms with Gasteiger partial charge in [-0.3, -0.25) is 4.79 Å². The molecule has 6 heteroatoms. The summed E-state index contributed by atoms with van der Waals surface area (Å²) in [6, 6.07) is 0. The van der Waals surface area contributed by atoms with E-state index in [0.717, 1.165) is 0 Å². The van der Waals surface area contributed by atoms with Crippen LogP contribution >= 0.6 is 0 Å². The average Bonchev–Trinajstić information content (AvgIpc) is 2.38. The fourth-order valence-electron chi connectivity index (χ4n) is 1.70. The summed E-state index contributed by atoms with van der Waals surface area (Å²) in [5, 5.41) is 8.63. The number of aliphatic hydroxyl groups is 1. The molecule has 1 rings (SSSR count). The number of hydrogen-bond acceptors (Lipinski definition) is 5. The number of nitrogens with zero attached hydrogens (tertiary/aromatic N) is 1. The molecule has 17 heavy (non-hydrogen) atoms. The number of unbranched alkanes of at least 4 members (excludes halogenated alkanes) is 1. The second-order valence-electron chi connectivity index (χ2n) is 3.90. The second-order valence-corrected chi connectivity index (χ2v) is 3.90. The Morgan fingerprint density at radius 1 is 1.47 bits per heavy atom. The maximum Gasteiger partial charge on any atom is 0.336 e. The molecule has 1 N–H and O–H groups in total. The van der Waals surface area contributed by atoms with Crippen molar-refractivity contribution in [3.63, 3.8) is 0 Å². The van der Waals surface area contributed by atoms with Crippen molar-refractivity contribution in [2.75, 3.05) is 33.4 Å². The number of esters is 1. The van der Waals surface area contributed by atoms with Crippen LogP contribution in [-0.2, 0) is 19.1 Å². The van der Waals surface area contributed by atoms with Crippen molar-refractivity contribution in [2.45, 2.75) is 25.4 Å². The van der Waals surface area contributed by atoms with Crippen LogP contribution in [0.15, 0.2) is 0 Å². The molecule has 1 aliphatic heterocycles. The van der Waals surface area contributed by atoms with E-state index in [4.69, 9.17) is 9.84 Å². The lowest BCUT2D eigenvalue weighted by Gasteiger charge is -2.31. The topological polar surface area (TPSA) is 76.1 Å². The van der Waals surface area contributed by atoms with E-state index in [1.165, 1.54) is 7.11 Å². The van der Waals surface area contributed by atoms with Gasteiger partial charge >= 0.3 is 5.97 Å². The molecule has 0 aliphatic carbocycles. The highest BCUT2D eigenvalue weighted by atomic mass is 16.6. The summed E-state index contributed by atoms with van der Waals surface area (Å²) in [7, 11) is 1.30. The number of carbonyl (C=O) groups is 2. The van der Waals surface area contributed by atoms with Gasteiger partial charge in [0.1, 0.15) is 0 Å². The normalized spacial score (nSPS) is 20.1. The molecule has 0 bridgehead atoms. The largest absolute Gasteiger partial charge is 0.467 e. The zero-order chi connectivity index (χ0) is 12.7. The van der Waals surface area contributed by atoms with E-state index < -0.39 is 12.1 Å². The molecule has 0 aromatic rings. The van der Waals surface area contributed by atoms with Crippen molar-refractivity contribution in [2.24, 2.45) is 0 Å². The van der Waals surface area contributed by atoms with Gasteiger partial charge in [0, 0.05) is 19.6 Å². The molecule has 1 fully saturated rings. The molecule has 0 radical (unpaired) electrons. The van der Waals surface area contributed by atoms with E-state index in [1.807, 2.05) is 0 Å². The van der Waals surface area contributed by atoms with Crippen LogP contribution in [0, 0.1) is 0 Å². The zero-order valence-electron chi connectivity index (χ0n) is 10.1. The van der Waals surface area contributed by atoms with Crippen molar-refractivity contribution >= 4 is 11.9 Å². The highest BCUT2D eigenvalue weighted by Gasteiger charge is 2.29. The van der Waals surface area contributed by atoms with Crippen LogP contribution in [0.5, 0.6) is 0 Å². The van der Waals surface area contributed by atoms with Crippen LogP contribution in [0.4, 0.5) is 0 Å². The molecule has 0 saturated carbocycles. The molecule has 1 atom stereocenters. The number of rotatable bonds is 5. The first-order valence-electron chi connectivity index (χ1n) is 5.77. The smallest absolute Gasteiger partial charge is 0.336 e. The highest BCUT2D eigenvalue weighted by Crippen LogP contribution is 2.09. The summed E-state index contributed by atoms with van der Waals surface area (Å²) < 4.78 is 9.81. The monoisotopic (exact) mass is 245 g/mol. The Kier molecular flexibility index (Phi) is 5.93. The summed E-state index contributed by atoms with van der Waals surface area (Å²) in [5.74, 6) is -0.450. The van der Waals surface area contributed by atoms with Crippen molar-refractivity contribution in [1.82, 2.24) is 4.90 Å². The Bertz CT molecular complexity index is 269. The van der Waals surface area contributed by atoms with Crippen molar-refractivity contribution in [3.8, 4) is 0 Å². The average molecular weight is 245 g/mol. The Morgan fingerprint density at radius 3 is 2.88 bits per heavy atom. The van der Waals surface area contributed by atoms with Gasteiger partial charge in [-0.25, -0.2) is 4.79 Å². The fourth-order valence-corrected chi connectivity index (χ4v) is 1.70. The summed E-state index contributed by atoms with van der Waals surface area (Å²) in [5.41, 5.74) is 0. The molecule has 1 amide bonds. The number of methoxy groups -OCH3 is 1. The summed E-state index contributed by atoms with van der Waals surface area (Å²) in [4.78, 5) is 24.7. The number of morpholine rings is 1. The quantitative estimate of drug-likeness (QED) is 0.524. The molecule has 0 aromatic carbocycles. The lowest BCUT2D eigenvalue weighted by molar-refractivity contribution is -0.162. The van der Waals surface area contributed by atoms with E-state index in [1.54, 1.807) is 4.90 Å². The van der Waals surface area contributed by atoms with Crippen LogP contribution in [0.1, 0.15) is 19.3 Å². The zero-order valence-corrected chi connectivity index (χ0v) is 10.1. The Balaban J connectivity index is 2.37. The number of hydrogen-bond donors (Lipinski definition) is 1. The molecule has 1 saturated heterocycles. The molecule has 6 nitrogen and oxygen atoms in total. The molecule has 0 spiro atoms. The van der Waals surface area contributed by atoms with Gasteiger partial charge in [0.05, 0.1) is 20.3 Å². The van der Waals surface area contributed by atoms with Gasteiger partial charge in [-0.2, -0.15) is 0 Å². The summed E-state index contributed by atoms with van der Waals surface area (Å²) >= 11 is 0. The molecule has 1 heterocycles. The maximum absolute atomic E-state index is 11.8. The first-order chi connectivity index (χ1) is 8.19.